The normalized spacial score (nSPS) is 16.4. The lowest BCUT2D eigenvalue weighted by atomic mass is 9.78. The van der Waals surface area contributed by atoms with Crippen molar-refractivity contribution in [3.8, 4) is 0 Å². The maximum Gasteiger partial charge on any atom is 0.412 e. The summed E-state index contributed by atoms with van der Waals surface area (Å²) in [5.41, 5.74) is 0.433. The number of likely N-dealkylation sites (tertiary alicyclic amines) is 1. The van der Waals surface area contributed by atoms with Gasteiger partial charge in [-0.15, -0.1) is 0 Å². The number of nitrogens with one attached hydrogen (secondary N) is 1. The molecule has 1 fully saturated rings. The fourth-order valence-corrected chi connectivity index (χ4v) is 4.29. The summed E-state index contributed by atoms with van der Waals surface area (Å²) >= 11 is 12.2. The quantitative estimate of drug-likeness (QED) is 0.327. The van der Waals surface area contributed by atoms with Gasteiger partial charge in [0, 0.05) is 25.6 Å². The van der Waals surface area contributed by atoms with Crippen molar-refractivity contribution in [1.82, 2.24) is 10.2 Å². The third-order valence-corrected chi connectivity index (χ3v) is 7.02. The van der Waals surface area contributed by atoms with Gasteiger partial charge in [-0.2, -0.15) is 13.2 Å². The van der Waals surface area contributed by atoms with Gasteiger partial charge in [-0.1, -0.05) is 85.6 Å². The molecule has 40 heavy (non-hydrogen) atoms. The highest BCUT2D eigenvalue weighted by Gasteiger charge is 2.45. The molecular weight excluding hydrogens is 584 g/mol. The molecule has 1 aliphatic rings. The zero-order chi connectivity index (χ0) is 30.7. The predicted octanol–water partition coefficient (Wildman–Crippen LogP) is 7.40. The molecule has 2 unspecified atom stereocenters. The number of hydrogen-bond donors (Lipinski definition) is 1. The van der Waals surface area contributed by atoms with Crippen LogP contribution >= 0.6 is 23.2 Å². The van der Waals surface area contributed by atoms with E-state index >= 15 is 0 Å². The number of halogens is 5. The molecule has 11 heteroatoms. The maximum atomic E-state index is 13.9. The summed E-state index contributed by atoms with van der Waals surface area (Å²) in [6.45, 7) is 11.8. The van der Waals surface area contributed by atoms with Gasteiger partial charge in [0.1, 0.15) is 9.84 Å². The van der Waals surface area contributed by atoms with Gasteiger partial charge in [0.05, 0.1) is 15.5 Å². The Labute approximate surface area is 246 Å². The summed E-state index contributed by atoms with van der Waals surface area (Å²) in [5, 5.41) is 2.83. The average Bonchev–Trinajstić information content (AvgIpc) is 2.88. The molecule has 1 heterocycles. The number of amides is 1. The predicted molar refractivity (Wildman–Crippen MR) is 159 cm³/mol. The van der Waals surface area contributed by atoms with Crippen LogP contribution in [0.4, 0.5) is 13.2 Å². The van der Waals surface area contributed by atoms with E-state index in [-0.39, 0.29) is 10.6 Å². The summed E-state index contributed by atoms with van der Waals surface area (Å²) in [7, 11) is -2.67. The lowest BCUT2D eigenvalue weighted by Gasteiger charge is -2.35. The lowest BCUT2D eigenvalue weighted by Crippen LogP contribution is -2.49. The summed E-state index contributed by atoms with van der Waals surface area (Å²) in [4.78, 5) is 15.7. The molecule has 0 radical (unpaired) electrons. The molecule has 0 bridgehead atoms. The van der Waals surface area contributed by atoms with Crippen molar-refractivity contribution in [2.75, 3.05) is 32.1 Å². The van der Waals surface area contributed by atoms with Crippen LogP contribution in [-0.4, -0.2) is 57.5 Å². The Balaban J connectivity index is 0.00000103. The van der Waals surface area contributed by atoms with Crippen molar-refractivity contribution in [3.05, 3.63) is 81.9 Å². The van der Waals surface area contributed by atoms with Crippen LogP contribution in [0.2, 0.25) is 10.0 Å². The van der Waals surface area contributed by atoms with E-state index in [0.717, 1.165) is 38.4 Å². The van der Waals surface area contributed by atoms with Gasteiger partial charge < -0.3 is 10.2 Å². The first-order chi connectivity index (χ1) is 18.5. The zero-order valence-electron chi connectivity index (χ0n) is 23.6. The fraction of sp³-hybridized carbons (Fsp3) is 0.483. The van der Waals surface area contributed by atoms with Gasteiger partial charge in [-0.05, 0) is 56.0 Å². The monoisotopic (exact) mass is 622 g/mol. The van der Waals surface area contributed by atoms with Gasteiger partial charge in [-0.3, -0.25) is 4.79 Å². The smallest absolute Gasteiger partial charge is 0.340 e. The number of carbonyl (C=O) groups excluding carboxylic acids is 1. The molecule has 3 rings (SSSR count). The van der Waals surface area contributed by atoms with Crippen LogP contribution in [0.3, 0.4) is 0 Å². The van der Waals surface area contributed by atoms with E-state index in [2.05, 4.69) is 16.8 Å². The Morgan fingerprint density at radius 2 is 1.55 bits per heavy atom. The summed E-state index contributed by atoms with van der Waals surface area (Å²) < 4.78 is 61.0. The highest BCUT2D eigenvalue weighted by Crippen LogP contribution is 2.37. The topological polar surface area (TPSA) is 66.5 Å². The minimum atomic E-state index is -4.65. The minimum absolute atomic E-state index is 0.0237. The molecule has 2 aromatic rings. The van der Waals surface area contributed by atoms with Crippen molar-refractivity contribution >= 4 is 38.9 Å². The number of alkyl halides is 3. The molecular formula is C29H39Cl2F3N2O3S. The molecule has 0 aromatic heterocycles. The Morgan fingerprint density at radius 3 is 2.02 bits per heavy atom. The Kier molecular flexibility index (Phi) is 14.2. The van der Waals surface area contributed by atoms with E-state index < -0.39 is 33.4 Å². The van der Waals surface area contributed by atoms with Gasteiger partial charge in [0.15, 0.2) is 6.04 Å². The van der Waals surface area contributed by atoms with Crippen molar-refractivity contribution in [1.29, 1.82) is 0 Å². The van der Waals surface area contributed by atoms with Crippen LogP contribution in [0.25, 0.3) is 0 Å². The summed E-state index contributed by atoms with van der Waals surface area (Å²) in [6, 6.07) is 10.0. The van der Waals surface area contributed by atoms with E-state index in [1.54, 1.807) is 31.2 Å². The van der Waals surface area contributed by atoms with E-state index in [4.69, 9.17) is 23.2 Å². The maximum absolute atomic E-state index is 13.9. The van der Waals surface area contributed by atoms with Crippen LogP contribution in [0.1, 0.15) is 57.2 Å². The number of hydrogen-bond acceptors (Lipinski definition) is 4. The summed E-state index contributed by atoms with van der Waals surface area (Å²) in [6.07, 6.45) is -0.259. The highest BCUT2D eigenvalue weighted by molar-refractivity contribution is 7.89. The van der Waals surface area contributed by atoms with Crippen molar-refractivity contribution in [2.24, 2.45) is 0 Å². The number of benzene rings is 2. The molecule has 5 nitrogen and oxygen atoms in total. The van der Waals surface area contributed by atoms with E-state index in [1.165, 1.54) is 29.8 Å². The van der Waals surface area contributed by atoms with Gasteiger partial charge in [0.2, 0.25) is 5.91 Å². The van der Waals surface area contributed by atoms with Crippen molar-refractivity contribution < 1.29 is 26.4 Å². The van der Waals surface area contributed by atoms with Crippen LogP contribution < -0.4 is 5.32 Å². The Morgan fingerprint density at radius 1 is 1.02 bits per heavy atom. The van der Waals surface area contributed by atoms with Crippen LogP contribution in [0.15, 0.2) is 60.7 Å². The van der Waals surface area contributed by atoms with Crippen LogP contribution in [0.5, 0.6) is 0 Å². The van der Waals surface area contributed by atoms with Crippen molar-refractivity contribution in [3.63, 3.8) is 0 Å². The molecule has 1 N–H and O–H groups in total. The molecule has 0 saturated carbocycles. The number of carbonyl (C=O) groups is 1. The summed E-state index contributed by atoms with van der Waals surface area (Å²) in [5.74, 6) is -0.714. The second-order valence-corrected chi connectivity index (χ2v) is 12.9. The van der Waals surface area contributed by atoms with Gasteiger partial charge in [-0.25, -0.2) is 8.42 Å². The first kappa shape index (κ1) is 36.0. The molecule has 1 amide bonds. The molecule has 224 valence electrons. The number of sulfone groups is 1. The highest BCUT2D eigenvalue weighted by atomic mass is 35.5. The zero-order valence-corrected chi connectivity index (χ0v) is 25.9. The number of nitrogens with zero attached hydrogens (tertiary/aromatic N) is 1. The molecule has 2 atom stereocenters. The second kappa shape index (κ2) is 15.8. The van der Waals surface area contributed by atoms with E-state index in [0.29, 0.717) is 23.6 Å². The lowest BCUT2D eigenvalue weighted by molar-refractivity contribution is -0.165. The molecule has 0 aliphatic carbocycles. The third-order valence-electron chi connectivity index (χ3n) is 6.28. The van der Waals surface area contributed by atoms with Crippen molar-refractivity contribution in [2.45, 2.75) is 57.7 Å². The van der Waals surface area contributed by atoms with Gasteiger partial charge >= 0.3 is 6.18 Å². The van der Waals surface area contributed by atoms with Gasteiger partial charge in [0.25, 0.3) is 0 Å². The standard InChI is InChI=1S/C25H27Cl2F3N2O.C2H6O2S.C2H6/c1-17-10-13-32(14-11-17)15-12-24(2,19-8-9-20(26)21(27)16-19)23(33)31-22(25(28,29)30)18-6-4-3-5-7-18;1-5(2,3)4;1-2/h3-9,16,22H,1,10-15H2,2H3,(H,31,33);1-2H3;1-2H3. The number of rotatable bonds is 7. The average molecular weight is 624 g/mol. The molecule has 1 aliphatic heterocycles. The Bertz CT molecular complexity index is 1210. The third kappa shape index (κ3) is 11.8. The molecule has 1 saturated heterocycles. The minimum Gasteiger partial charge on any atom is -0.340 e. The van der Waals surface area contributed by atoms with Crippen LogP contribution in [0, 0.1) is 0 Å². The van der Waals surface area contributed by atoms with Crippen LogP contribution in [-0.2, 0) is 20.0 Å². The van der Waals surface area contributed by atoms with E-state index in [9.17, 15) is 26.4 Å². The molecule has 0 spiro atoms. The first-order valence-corrected chi connectivity index (χ1v) is 16.0. The Hall–Kier alpha value is -2.07. The largest absolute Gasteiger partial charge is 0.412 e. The SMILES string of the molecule is C=C1CCN(CCC(C)(C(=O)NC(c2ccccc2)C(F)(F)F)c2ccc(Cl)c(Cl)c2)CC1.CC.CS(C)(=O)=O. The second-order valence-electron chi connectivity index (χ2n) is 9.80. The molecule has 2 aromatic carbocycles. The first-order valence-electron chi connectivity index (χ1n) is 12.9. The number of piperidine rings is 1. The van der Waals surface area contributed by atoms with E-state index in [1.807, 2.05) is 13.8 Å². The fourth-order valence-electron chi connectivity index (χ4n) is 3.99.